The number of hydrogen-bond acceptors (Lipinski definition) is 2. The largest absolute Gasteiger partial charge is 0.347 e. The monoisotopic (exact) mass is 264 g/mol. The van der Waals surface area contributed by atoms with E-state index in [0.717, 1.165) is 6.54 Å². The fraction of sp³-hybridized carbons (Fsp3) is 0.500. The number of halogens is 1. The van der Waals surface area contributed by atoms with Crippen molar-refractivity contribution < 1.29 is 4.79 Å². The zero-order valence-electron chi connectivity index (χ0n) is 10.4. The molecule has 2 bridgehead atoms. The predicted molar refractivity (Wildman–Crippen MR) is 71.8 cm³/mol. The number of nitrogens with zero attached hydrogens (tertiary/aromatic N) is 1. The molecule has 96 valence electrons. The molecule has 2 aliphatic rings. The summed E-state index contributed by atoms with van der Waals surface area (Å²) in [6, 6.07) is 7.81. The van der Waals surface area contributed by atoms with Gasteiger partial charge in [0.2, 0.25) is 0 Å². The van der Waals surface area contributed by atoms with Crippen molar-refractivity contribution in [2.75, 3.05) is 13.1 Å². The lowest BCUT2D eigenvalue weighted by Gasteiger charge is -2.30. The highest BCUT2D eigenvalue weighted by atomic mass is 35.5. The van der Waals surface area contributed by atoms with Gasteiger partial charge in [-0.3, -0.25) is 9.69 Å². The van der Waals surface area contributed by atoms with Crippen LogP contribution in [0.25, 0.3) is 0 Å². The Hall–Kier alpha value is -1.06. The number of rotatable bonds is 2. The third-order valence-electron chi connectivity index (χ3n) is 4.26. The quantitative estimate of drug-likeness (QED) is 0.888. The van der Waals surface area contributed by atoms with Crippen molar-refractivity contribution in [1.29, 1.82) is 0 Å². The Morgan fingerprint density at radius 3 is 2.72 bits per heavy atom. The Kier molecular flexibility index (Phi) is 3.04. The number of benzene rings is 1. The SMILES string of the molecule is CC1C(NC(=O)c2ccc(Cl)cc2)C2CCN1C2. The van der Waals surface area contributed by atoms with E-state index in [2.05, 4.69) is 17.1 Å². The zero-order chi connectivity index (χ0) is 12.7. The lowest BCUT2D eigenvalue weighted by Crippen LogP contribution is -2.48. The number of carbonyl (C=O) groups excluding carboxylic acids is 1. The molecule has 2 saturated heterocycles. The molecule has 1 aromatic rings. The smallest absolute Gasteiger partial charge is 0.251 e. The van der Waals surface area contributed by atoms with Crippen molar-refractivity contribution >= 4 is 17.5 Å². The van der Waals surface area contributed by atoms with Crippen LogP contribution in [-0.4, -0.2) is 36.0 Å². The van der Waals surface area contributed by atoms with Gasteiger partial charge in [-0.2, -0.15) is 0 Å². The fourth-order valence-electron chi connectivity index (χ4n) is 3.17. The lowest BCUT2D eigenvalue weighted by molar-refractivity contribution is 0.0907. The van der Waals surface area contributed by atoms with Crippen molar-refractivity contribution in [2.45, 2.75) is 25.4 Å². The Morgan fingerprint density at radius 1 is 1.39 bits per heavy atom. The standard InChI is InChI=1S/C14H17ClN2O/c1-9-13(11-6-7-17(9)8-11)16-14(18)10-2-4-12(15)5-3-10/h2-5,9,11,13H,6-8H2,1H3,(H,16,18). The predicted octanol–water partition coefficient (Wildman–Crippen LogP) is 2.16. The first-order valence-electron chi connectivity index (χ1n) is 6.45. The van der Waals surface area contributed by atoms with E-state index < -0.39 is 0 Å². The van der Waals surface area contributed by atoms with Crippen LogP contribution in [0.5, 0.6) is 0 Å². The van der Waals surface area contributed by atoms with Gasteiger partial charge in [-0.1, -0.05) is 11.6 Å². The van der Waals surface area contributed by atoms with Crippen LogP contribution in [0, 0.1) is 5.92 Å². The van der Waals surface area contributed by atoms with Crippen LogP contribution in [0.2, 0.25) is 5.02 Å². The molecule has 0 aromatic heterocycles. The van der Waals surface area contributed by atoms with Gasteiger partial charge >= 0.3 is 0 Å². The van der Waals surface area contributed by atoms with Crippen LogP contribution in [0.3, 0.4) is 0 Å². The van der Waals surface area contributed by atoms with Gasteiger partial charge < -0.3 is 5.32 Å². The normalized spacial score (nSPS) is 33.7. The zero-order valence-corrected chi connectivity index (χ0v) is 11.2. The molecule has 2 heterocycles. The molecular weight excluding hydrogens is 248 g/mol. The minimum atomic E-state index is 0.0114. The van der Waals surface area contributed by atoms with Gasteiger partial charge in [0.15, 0.2) is 0 Å². The Bertz CT molecular complexity index is 457. The summed E-state index contributed by atoms with van der Waals surface area (Å²) in [4.78, 5) is 14.6. The molecule has 1 aromatic carbocycles. The maximum absolute atomic E-state index is 12.2. The second kappa shape index (κ2) is 4.56. The molecule has 4 unspecified atom stereocenters. The molecule has 3 rings (SSSR count). The molecule has 0 aliphatic carbocycles. The van der Waals surface area contributed by atoms with Crippen molar-refractivity contribution in [3.63, 3.8) is 0 Å². The summed E-state index contributed by atoms with van der Waals surface area (Å²) in [5, 5.41) is 3.83. The number of amides is 1. The molecule has 0 radical (unpaired) electrons. The van der Waals surface area contributed by atoms with Crippen LogP contribution >= 0.6 is 11.6 Å². The van der Waals surface area contributed by atoms with E-state index >= 15 is 0 Å². The van der Waals surface area contributed by atoms with Crippen LogP contribution in [-0.2, 0) is 0 Å². The van der Waals surface area contributed by atoms with Crippen molar-refractivity contribution in [3.8, 4) is 0 Å². The van der Waals surface area contributed by atoms with E-state index in [1.807, 2.05) is 0 Å². The minimum Gasteiger partial charge on any atom is -0.347 e. The molecule has 0 spiro atoms. The highest BCUT2D eigenvalue weighted by molar-refractivity contribution is 6.30. The summed E-state index contributed by atoms with van der Waals surface area (Å²) in [5.74, 6) is 0.633. The first-order chi connectivity index (χ1) is 8.65. The maximum atomic E-state index is 12.2. The third kappa shape index (κ3) is 2.02. The number of hydrogen-bond donors (Lipinski definition) is 1. The molecule has 0 saturated carbocycles. The first kappa shape index (κ1) is 12.0. The minimum absolute atomic E-state index is 0.0114. The summed E-state index contributed by atoms with van der Waals surface area (Å²) in [5.41, 5.74) is 0.685. The van der Waals surface area contributed by atoms with E-state index in [1.54, 1.807) is 24.3 Å². The van der Waals surface area contributed by atoms with E-state index in [9.17, 15) is 4.79 Å². The van der Waals surface area contributed by atoms with E-state index in [1.165, 1.54) is 13.0 Å². The summed E-state index contributed by atoms with van der Waals surface area (Å²) < 4.78 is 0. The Balaban J connectivity index is 1.70. The van der Waals surface area contributed by atoms with Crippen molar-refractivity contribution in [3.05, 3.63) is 34.9 Å². The molecule has 4 atom stereocenters. The molecule has 3 nitrogen and oxygen atoms in total. The summed E-state index contributed by atoms with van der Waals surface area (Å²) in [7, 11) is 0. The number of carbonyl (C=O) groups is 1. The second-order valence-electron chi connectivity index (χ2n) is 5.29. The Labute approximate surface area is 112 Å². The molecular formula is C14H17ClN2O. The average Bonchev–Trinajstić information content (AvgIpc) is 2.94. The van der Waals surface area contributed by atoms with Gasteiger partial charge in [-0.25, -0.2) is 0 Å². The van der Waals surface area contributed by atoms with Crippen LogP contribution in [0.1, 0.15) is 23.7 Å². The summed E-state index contributed by atoms with van der Waals surface area (Å²) >= 11 is 5.82. The maximum Gasteiger partial charge on any atom is 0.251 e. The van der Waals surface area contributed by atoms with Crippen LogP contribution in [0.15, 0.2) is 24.3 Å². The molecule has 2 fully saturated rings. The third-order valence-corrected chi connectivity index (χ3v) is 4.52. The van der Waals surface area contributed by atoms with Crippen molar-refractivity contribution in [1.82, 2.24) is 10.2 Å². The Morgan fingerprint density at radius 2 is 2.11 bits per heavy atom. The van der Waals surface area contributed by atoms with Gasteiger partial charge in [0.25, 0.3) is 5.91 Å². The topological polar surface area (TPSA) is 32.3 Å². The van der Waals surface area contributed by atoms with Gasteiger partial charge in [0, 0.05) is 29.2 Å². The lowest BCUT2D eigenvalue weighted by atomic mass is 9.94. The first-order valence-corrected chi connectivity index (χ1v) is 6.83. The molecule has 1 amide bonds. The molecule has 4 heteroatoms. The molecule has 18 heavy (non-hydrogen) atoms. The average molecular weight is 265 g/mol. The van der Waals surface area contributed by atoms with E-state index in [4.69, 9.17) is 11.6 Å². The fourth-order valence-corrected chi connectivity index (χ4v) is 3.30. The van der Waals surface area contributed by atoms with Crippen molar-refractivity contribution in [2.24, 2.45) is 5.92 Å². The van der Waals surface area contributed by atoms with Crippen LogP contribution in [0.4, 0.5) is 0 Å². The van der Waals surface area contributed by atoms with Gasteiger partial charge in [-0.15, -0.1) is 0 Å². The molecule has 2 aliphatic heterocycles. The van der Waals surface area contributed by atoms with Gasteiger partial charge in [0.1, 0.15) is 0 Å². The number of nitrogens with one attached hydrogen (secondary N) is 1. The number of fused-ring (bicyclic) bond motifs is 2. The highest BCUT2D eigenvalue weighted by Gasteiger charge is 2.44. The summed E-state index contributed by atoms with van der Waals surface area (Å²) in [6.45, 7) is 4.51. The number of piperidine rings is 1. The highest BCUT2D eigenvalue weighted by Crippen LogP contribution is 2.33. The second-order valence-corrected chi connectivity index (χ2v) is 5.73. The molecule has 1 N–H and O–H groups in total. The van der Waals surface area contributed by atoms with Gasteiger partial charge in [0.05, 0.1) is 0 Å². The van der Waals surface area contributed by atoms with E-state index in [-0.39, 0.29) is 5.91 Å². The summed E-state index contributed by atoms with van der Waals surface area (Å²) in [6.07, 6.45) is 1.20. The van der Waals surface area contributed by atoms with Gasteiger partial charge in [-0.05, 0) is 50.1 Å². The van der Waals surface area contributed by atoms with E-state index in [0.29, 0.717) is 28.6 Å². The van der Waals surface area contributed by atoms with Crippen LogP contribution < -0.4 is 5.32 Å².